The Balaban J connectivity index is 2.76. The number of ether oxygens (including phenoxy) is 1. The van der Waals surface area contributed by atoms with Gasteiger partial charge in [-0.15, -0.1) is 0 Å². The highest BCUT2D eigenvalue weighted by atomic mass is 79.9. The molecule has 1 aromatic heterocycles. The van der Waals surface area contributed by atoms with Gasteiger partial charge in [-0.1, -0.05) is 6.92 Å². The molecule has 8 heteroatoms. The minimum atomic E-state index is -3.60. The van der Waals surface area contributed by atoms with Crippen LogP contribution in [0.5, 0.6) is 0 Å². The van der Waals surface area contributed by atoms with Gasteiger partial charge in [0.2, 0.25) is 10.0 Å². The molecule has 0 aliphatic carbocycles. The lowest BCUT2D eigenvalue weighted by molar-refractivity contribution is 0.161. The second-order valence-corrected chi connectivity index (χ2v) is 6.42. The van der Waals surface area contributed by atoms with E-state index in [2.05, 4.69) is 20.7 Å². The molecule has 1 atom stereocenters. The van der Waals surface area contributed by atoms with Crippen LogP contribution in [0.4, 0.5) is 0 Å². The van der Waals surface area contributed by atoms with Crippen molar-refractivity contribution in [1.82, 2.24) is 4.72 Å². The van der Waals surface area contributed by atoms with Gasteiger partial charge in [0.25, 0.3) is 0 Å². The van der Waals surface area contributed by atoms with E-state index in [1.54, 1.807) is 7.11 Å². The SMILES string of the molecule is COCC(C)CNS(=O)(=O)c1cc(CN)oc1Br. The maximum absolute atomic E-state index is 12.0. The number of halogens is 1. The van der Waals surface area contributed by atoms with Crippen LogP contribution in [0.2, 0.25) is 0 Å². The van der Waals surface area contributed by atoms with Crippen LogP contribution in [-0.2, 0) is 21.3 Å². The summed E-state index contributed by atoms with van der Waals surface area (Å²) in [5.41, 5.74) is 5.39. The average Bonchev–Trinajstić information content (AvgIpc) is 2.69. The zero-order chi connectivity index (χ0) is 13.8. The third-order valence-electron chi connectivity index (χ3n) is 2.27. The van der Waals surface area contributed by atoms with E-state index >= 15 is 0 Å². The molecule has 1 unspecified atom stereocenters. The quantitative estimate of drug-likeness (QED) is 0.773. The summed E-state index contributed by atoms with van der Waals surface area (Å²) in [5.74, 6) is 0.497. The fourth-order valence-electron chi connectivity index (χ4n) is 1.35. The van der Waals surface area contributed by atoms with E-state index in [-0.39, 0.29) is 22.0 Å². The Hall–Kier alpha value is -0.410. The lowest BCUT2D eigenvalue weighted by atomic mass is 10.2. The highest BCUT2D eigenvalue weighted by Crippen LogP contribution is 2.25. The summed E-state index contributed by atoms with van der Waals surface area (Å²) in [5, 5.41) is 0. The summed E-state index contributed by atoms with van der Waals surface area (Å²) < 4.78 is 36.8. The smallest absolute Gasteiger partial charge is 0.244 e. The molecule has 0 aliphatic rings. The number of furan rings is 1. The van der Waals surface area contributed by atoms with Gasteiger partial charge >= 0.3 is 0 Å². The molecular formula is C10H17BrN2O4S. The van der Waals surface area contributed by atoms with Gasteiger partial charge in [0, 0.05) is 26.3 Å². The Morgan fingerprint density at radius 2 is 2.28 bits per heavy atom. The van der Waals surface area contributed by atoms with Crippen LogP contribution < -0.4 is 10.5 Å². The first-order chi connectivity index (χ1) is 8.40. The molecule has 1 heterocycles. The molecule has 6 nitrogen and oxygen atoms in total. The molecule has 104 valence electrons. The van der Waals surface area contributed by atoms with Gasteiger partial charge in [-0.2, -0.15) is 0 Å². The van der Waals surface area contributed by atoms with Crippen molar-refractivity contribution >= 4 is 26.0 Å². The van der Waals surface area contributed by atoms with E-state index in [0.29, 0.717) is 18.9 Å². The average molecular weight is 341 g/mol. The molecule has 0 saturated heterocycles. The van der Waals surface area contributed by atoms with Crippen molar-refractivity contribution in [2.24, 2.45) is 11.7 Å². The lowest BCUT2D eigenvalue weighted by Gasteiger charge is -2.11. The molecule has 1 rings (SSSR count). The van der Waals surface area contributed by atoms with Crippen LogP contribution >= 0.6 is 15.9 Å². The third kappa shape index (κ3) is 4.06. The Kier molecular flexibility index (Phi) is 5.80. The fraction of sp³-hybridized carbons (Fsp3) is 0.600. The summed E-state index contributed by atoms with van der Waals surface area (Å²) >= 11 is 3.07. The van der Waals surface area contributed by atoms with Crippen molar-refractivity contribution in [2.45, 2.75) is 18.4 Å². The minimum Gasteiger partial charge on any atom is -0.452 e. The number of nitrogens with one attached hydrogen (secondary N) is 1. The first kappa shape index (κ1) is 15.6. The lowest BCUT2D eigenvalue weighted by Crippen LogP contribution is -2.30. The van der Waals surface area contributed by atoms with Crippen LogP contribution in [-0.4, -0.2) is 28.7 Å². The van der Waals surface area contributed by atoms with E-state index in [4.69, 9.17) is 14.9 Å². The number of hydrogen-bond donors (Lipinski definition) is 2. The van der Waals surface area contributed by atoms with E-state index < -0.39 is 10.0 Å². The standard InChI is InChI=1S/C10H17BrN2O4S/c1-7(6-16-2)5-13-18(14,15)9-3-8(4-12)17-10(9)11/h3,7,13H,4-6,12H2,1-2H3. The monoisotopic (exact) mass is 340 g/mol. The highest BCUT2D eigenvalue weighted by Gasteiger charge is 2.22. The molecule has 0 radical (unpaired) electrons. The van der Waals surface area contributed by atoms with Gasteiger partial charge in [0.15, 0.2) is 4.67 Å². The molecule has 0 fully saturated rings. The fourth-order valence-corrected chi connectivity index (χ4v) is 3.52. The maximum Gasteiger partial charge on any atom is 0.244 e. The van der Waals surface area contributed by atoms with E-state index in [0.717, 1.165) is 0 Å². The van der Waals surface area contributed by atoms with Crippen molar-refractivity contribution < 1.29 is 17.6 Å². The Morgan fingerprint density at radius 1 is 1.61 bits per heavy atom. The van der Waals surface area contributed by atoms with Crippen LogP contribution in [0.3, 0.4) is 0 Å². The van der Waals surface area contributed by atoms with Crippen LogP contribution in [0.15, 0.2) is 20.0 Å². The van der Waals surface area contributed by atoms with Crippen molar-refractivity contribution in [1.29, 1.82) is 0 Å². The molecule has 0 aliphatic heterocycles. The van der Waals surface area contributed by atoms with Gasteiger partial charge < -0.3 is 14.9 Å². The van der Waals surface area contributed by atoms with Gasteiger partial charge in [0.05, 0.1) is 6.54 Å². The summed E-state index contributed by atoms with van der Waals surface area (Å²) in [7, 11) is -2.02. The molecular weight excluding hydrogens is 324 g/mol. The predicted molar refractivity (Wildman–Crippen MR) is 70.5 cm³/mol. The topological polar surface area (TPSA) is 94.6 Å². The van der Waals surface area contributed by atoms with E-state index in [9.17, 15) is 8.42 Å². The maximum atomic E-state index is 12.0. The second kappa shape index (κ2) is 6.67. The molecule has 1 aromatic rings. The van der Waals surface area contributed by atoms with Crippen LogP contribution in [0.25, 0.3) is 0 Å². The summed E-state index contributed by atoms with van der Waals surface area (Å²) in [4.78, 5) is 0.0626. The number of rotatable bonds is 7. The molecule has 0 spiro atoms. The third-order valence-corrected chi connectivity index (χ3v) is 4.55. The Bertz CT molecular complexity index is 486. The molecule has 3 N–H and O–H groups in total. The minimum absolute atomic E-state index is 0.0626. The zero-order valence-electron chi connectivity index (χ0n) is 10.3. The van der Waals surface area contributed by atoms with Crippen molar-refractivity contribution in [3.63, 3.8) is 0 Å². The Morgan fingerprint density at radius 3 is 2.78 bits per heavy atom. The van der Waals surface area contributed by atoms with Crippen molar-refractivity contribution in [3.05, 3.63) is 16.5 Å². The summed E-state index contributed by atoms with van der Waals surface area (Å²) in [6, 6.07) is 1.41. The first-order valence-electron chi connectivity index (χ1n) is 5.37. The highest BCUT2D eigenvalue weighted by molar-refractivity contribution is 9.10. The van der Waals surface area contributed by atoms with Crippen molar-refractivity contribution in [2.75, 3.05) is 20.3 Å². The number of methoxy groups -OCH3 is 1. The second-order valence-electron chi connectivity index (χ2n) is 3.97. The predicted octanol–water partition coefficient (Wildman–Crippen LogP) is 1.06. The largest absolute Gasteiger partial charge is 0.452 e. The molecule has 0 bridgehead atoms. The number of hydrogen-bond acceptors (Lipinski definition) is 5. The molecule has 0 amide bonds. The molecule has 0 saturated carbocycles. The molecule has 0 aromatic carbocycles. The van der Waals surface area contributed by atoms with Gasteiger partial charge in [-0.25, -0.2) is 13.1 Å². The van der Waals surface area contributed by atoms with Gasteiger partial charge in [-0.3, -0.25) is 0 Å². The van der Waals surface area contributed by atoms with E-state index in [1.807, 2.05) is 6.92 Å². The normalized spacial score (nSPS) is 13.8. The number of sulfonamides is 1. The van der Waals surface area contributed by atoms with E-state index in [1.165, 1.54) is 6.07 Å². The summed E-state index contributed by atoms with van der Waals surface area (Å²) in [6.45, 7) is 2.82. The molecule has 18 heavy (non-hydrogen) atoms. The van der Waals surface area contributed by atoms with Crippen LogP contribution in [0.1, 0.15) is 12.7 Å². The van der Waals surface area contributed by atoms with Gasteiger partial charge in [0.1, 0.15) is 10.7 Å². The van der Waals surface area contributed by atoms with Gasteiger partial charge in [-0.05, 0) is 21.8 Å². The first-order valence-corrected chi connectivity index (χ1v) is 7.65. The van der Waals surface area contributed by atoms with Crippen molar-refractivity contribution in [3.8, 4) is 0 Å². The Labute approximate surface area is 115 Å². The zero-order valence-corrected chi connectivity index (χ0v) is 12.7. The van der Waals surface area contributed by atoms with Crippen LogP contribution in [0, 0.1) is 5.92 Å². The summed E-state index contributed by atoms with van der Waals surface area (Å²) in [6.07, 6.45) is 0. The number of nitrogens with two attached hydrogens (primary N) is 1.